The molecule has 5 heteroatoms. The monoisotopic (exact) mass is 231 g/mol. The quantitative estimate of drug-likeness (QED) is 0.840. The van der Waals surface area contributed by atoms with E-state index < -0.39 is 0 Å². The zero-order chi connectivity index (χ0) is 12.3. The van der Waals surface area contributed by atoms with Crippen molar-refractivity contribution in [3.8, 4) is 0 Å². The van der Waals surface area contributed by atoms with Gasteiger partial charge < -0.3 is 5.32 Å². The van der Waals surface area contributed by atoms with Crippen LogP contribution >= 0.6 is 0 Å². The van der Waals surface area contributed by atoms with Gasteiger partial charge in [0, 0.05) is 6.04 Å². The molecule has 90 valence electrons. The van der Waals surface area contributed by atoms with Crippen LogP contribution in [0.5, 0.6) is 0 Å². The van der Waals surface area contributed by atoms with Crippen LogP contribution in [-0.2, 0) is 6.54 Å². The number of aromatic nitrogens is 4. The number of rotatable bonds is 4. The Labute approximate surface area is 101 Å². The number of tetrazole rings is 1. The van der Waals surface area contributed by atoms with Gasteiger partial charge in [-0.05, 0) is 31.9 Å². The zero-order valence-corrected chi connectivity index (χ0v) is 10.4. The van der Waals surface area contributed by atoms with Crippen molar-refractivity contribution in [1.82, 2.24) is 25.9 Å². The molecule has 5 nitrogen and oxygen atoms in total. The maximum atomic E-state index is 3.91. The lowest BCUT2D eigenvalue weighted by Gasteiger charge is -2.16. The Kier molecular flexibility index (Phi) is 3.49. The Morgan fingerprint density at radius 1 is 1.35 bits per heavy atom. The molecule has 0 saturated carbocycles. The van der Waals surface area contributed by atoms with E-state index in [9.17, 15) is 0 Å². The minimum atomic E-state index is 0.272. The number of H-pyrrole nitrogens is 1. The standard InChI is InChI=1S/C12H17N5/c1-8-4-5-9(2)11(6-8)10(3)13-7-12-14-16-17-15-12/h4-6,10,13H,7H2,1-3H3,(H,14,15,16,17). The molecule has 0 spiro atoms. The molecule has 0 saturated heterocycles. The van der Waals surface area contributed by atoms with E-state index in [-0.39, 0.29) is 6.04 Å². The van der Waals surface area contributed by atoms with Gasteiger partial charge in [0.15, 0.2) is 5.82 Å². The van der Waals surface area contributed by atoms with Crippen LogP contribution in [0.25, 0.3) is 0 Å². The summed E-state index contributed by atoms with van der Waals surface area (Å²) in [7, 11) is 0. The van der Waals surface area contributed by atoms with Crippen molar-refractivity contribution in [1.29, 1.82) is 0 Å². The average molecular weight is 231 g/mol. The topological polar surface area (TPSA) is 66.5 Å². The van der Waals surface area contributed by atoms with E-state index in [1.54, 1.807) is 0 Å². The number of nitrogens with one attached hydrogen (secondary N) is 2. The van der Waals surface area contributed by atoms with Crippen LogP contribution < -0.4 is 5.32 Å². The molecule has 0 fully saturated rings. The van der Waals surface area contributed by atoms with Gasteiger partial charge in [0.2, 0.25) is 0 Å². The van der Waals surface area contributed by atoms with Gasteiger partial charge in [0.1, 0.15) is 0 Å². The second-order valence-corrected chi connectivity index (χ2v) is 4.29. The fourth-order valence-electron chi connectivity index (χ4n) is 1.84. The molecule has 2 aromatic rings. The molecule has 1 aromatic carbocycles. The molecular weight excluding hydrogens is 214 g/mol. The number of aromatic amines is 1. The highest BCUT2D eigenvalue weighted by Crippen LogP contribution is 2.18. The van der Waals surface area contributed by atoms with E-state index in [4.69, 9.17) is 0 Å². The van der Waals surface area contributed by atoms with Crippen LogP contribution in [0.2, 0.25) is 0 Å². The first kappa shape index (κ1) is 11.7. The second-order valence-electron chi connectivity index (χ2n) is 4.29. The number of nitrogens with zero attached hydrogens (tertiary/aromatic N) is 3. The van der Waals surface area contributed by atoms with Crippen LogP contribution in [0.3, 0.4) is 0 Å². The molecule has 0 aliphatic heterocycles. The molecule has 0 bridgehead atoms. The van der Waals surface area contributed by atoms with Gasteiger partial charge in [-0.15, -0.1) is 10.2 Å². The Bertz CT molecular complexity index is 478. The Morgan fingerprint density at radius 2 is 2.18 bits per heavy atom. The minimum absolute atomic E-state index is 0.272. The van der Waals surface area contributed by atoms with Crippen molar-refractivity contribution < 1.29 is 0 Å². The van der Waals surface area contributed by atoms with Crippen LogP contribution in [-0.4, -0.2) is 20.6 Å². The lowest BCUT2D eigenvalue weighted by molar-refractivity contribution is 0.557. The SMILES string of the molecule is Cc1ccc(C)c(C(C)NCc2nn[nH]n2)c1. The third-order valence-electron chi connectivity index (χ3n) is 2.86. The van der Waals surface area contributed by atoms with E-state index in [1.165, 1.54) is 16.7 Å². The zero-order valence-electron chi connectivity index (χ0n) is 10.4. The predicted octanol–water partition coefficient (Wildman–Crippen LogP) is 1.67. The summed E-state index contributed by atoms with van der Waals surface area (Å²) < 4.78 is 0. The lowest BCUT2D eigenvalue weighted by atomic mass is 10.00. The summed E-state index contributed by atoms with van der Waals surface area (Å²) in [6.07, 6.45) is 0. The predicted molar refractivity (Wildman–Crippen MR) is 65.3 cm³/mol. The van der Waals surface area contributed by atoms with Gasteiger partial charge in [0.25, 0.3) is 0 Å². The first-order chi connectivity index (χ1) is 8.16. The maximum absolute atomic E-state index is 3.91. The van der Waals surface area contributed by atoms with E-state index in [0.29, 0.717) is 12.4 Å². The van der Waals surface area contributed by atoms with Crippen molar-refractivity contribution >= 4 is 0 Å². The van der Waals surface area contributed by atoms with Gasteiger partial charge in [-0.2, -0.15) is 5.21 Å². The van der Waals surface area contributed by atoms with Crippen molar-refractivity contribution in [2.24, 2.45) is 0 Å². The van der Waals surface area contributed by atoms with E-state index in [2.05, 4.69) is 64.9 Å². The normalized spacial score (nSPS) is 12.6. The molecule has 0 aliphatic carbocycles. The van der Waals surface area contributed by atoms with Gasteiger partial charge in [0.05, 0.1) is 6.54 Å². The van der Waals surface area contributed by atoms with Crippen LogP contribution in [0, 0.1) is 13.8 Å². The third kappa shape index (κ3) is 2.88. The van der Waals surface area contributed by atoms with Crippen LogP contribution in [0.1, 0.15) is 35.5 Å². The van der Waals surface area contributed by atoms with Crippen molar-refractivity contribution in [2.75, 3.05) is 0 Å². The molecule has 1 heterocycles. The molecule has 1 atom stereocenters. The summed E-state index contributed by atoms with van der Waals surface area (Å²) in [6.45, 7) is 6.99. The molecule has 0 amide bonds. The van der Waals surface area contributed by atoms with Crippen LogP contribution in [0.15, 0.2) is 18.2 Å². The van der Waals surface area contributed by atoms with Crippen molar-refractivity contribution in [2.45, 2.75) is 33.4 Å². The molecule has 17 heavy (non-hydrogen) atoms. The fourth-order valence-corrected chi connectivity index (χ4v) is 1.84. The van der Waals surface area contributed by atoms with Gasteiger partial charge in [-0.3, -0.25) is 0 Å². The molecule has 2 rings (SSSR count). The Balaban J connectivity index is 2.04. The second kappa shape index (κ2) is 5.05. The largest absolute Gasteiger partial charge is 0.303 e. The summed E-state index contributed by atoms with van der Waals surface area (Å²) in [5.74, 6) is 0.683. The maximum Gasteiger partial charge on any atom is 0.188 e. The molecule has 2 N–H and O–H groups in total. The number of aryl methyl sites for hydroxylation is 2. The minimum Gasteiger partial charge on any atom is -0.303 e. The molecule has 1 aromatic heterocycles. The smallest absolute Gasteiger partial charge is 0.188 e. The van der Waals surface area contributed by atoms with Gasteiger partial charge in [-0.25, -0.2) is 0 Å². The third-order valence-corrected chi connectivity index (χ3v) is 2.86. The van der Waals surface area contributed by atoms with E-state index in [1.807, 2.05) is 0 Å². The van der Waals surface area contributed by atoms with E-state index >= 15 is 0 Å². The number of benzene rings is 1. The van der Waals surface area contributed by atoms with Crippen molar-refractivity contribution in [3.05, 3.63) is 40.7 Å². The Morgan fingerprint density at radius 3 is 2.88 bits per heavy atom. The van der Waals surface area contributed by atoms with Crippen LogP contribution in [0.4, 0.5) is 0 Å². The van der Waals surface area contributed by atoms with Crippen molar-refractivity contribution in [3.63, 3.8) is 0 Å². The molecule has 0 radical (unpaired) electrons. The highest BCUT2D eigenvalue weighted by molar-refractivity contribution is 5.32. The Hall–Kier alpha value is -1.75. The highest BCUT2D eigenvalue weighted by atomic mass is 15.5. The molecule has 0 aliphatic rings. The first-order valence-electron chi connectivity index (χ1n) is 5.69. The summed E-state index contributed by atoms with van der Waals surface area (Å²) in [5.41, 5.74) is 3.89. The number of hydrogen-bond donors (Lipinski definition) is 2. The fraction of sp³-hybridized carbons (Fsp3) is 0.417. The lowest BCUT2D eigenvalue weighted by Crippen LogP contribution is -2.19. The van der Waals surface area contributed by atoms with E-state index in [0.717, 1.165) is 0 Å². The average Bonchev–Trinajstić information content (AvgIpc) is 2.82. The number of hydrogen-bond acceptors (Lipinski definition) is 4. The summed E-state index contributed by atoms with van der Waals surface area (Å²) >= 11 is 0. The van der Waals surface area contributed by atoms with Gasteiger partial charge >= 0.3 is 0 Å². The van der Waals surface area contributed by atoms with Gasteiger partial charge in [-0.1, -0.05) is 29.0 Å². The highest BCUT2D eigenvalue weighted by Gasteiger charge is 2.09. The summed E-state index contributed by atoms with van der Waals surface area (Å²) in [5, 5.41) is 17.2. The summed E-state index contributed by atoms with van der Waals surface area (Å²) in [6, 6.07) is 6.76. The molecule has 1 unspecified atom stereocenters. The molecular formula is C12H17N5. The summed E-state index contributed by atoms with van der Waals surface area (Å²) in [4.78, 5) is 0. The first-order valence-corrected chi connectivity index (χ1v) is 5.69.